The van der Waals surface area contributed by atoms with Crippen molar-refractivity contribution in [2.75, 3.05) is 4.90 Å². The molecule has 30 heavy (non-hydrogen) atoms. The topological polar surface area (TPSA) is 52.6 Å². The predicted molar refractivity (Wildman–Crippen MR) is 126 cm³/mol. The maximum absolute atomic E-state index is 13.2. The Morgan fingerprint density at radius 3 is 2.30 bits per heavy atom. The molecule has 2 N–H and O–H groups in total. The quantitative estimate of drug-likeness (QED) is 0.417. The van der Waals surface area contributed by atoms with E-state index < -0.39 is 12.1 Å². The lowest BCUT2D eigenvalue weighted by molar-refractivity contribution is -0.115. The molecule has 0 bridgehead atoms. The number of benzene rings is 3. The number of aliphatic hydroxyl groups excluding tert-OH is 1. The number of carbonyl (C=O) groups is 1. The second kappa shape index (κ2) is 8.58. The Morgan fingerprint density at radius 2 is 1.60 bits per heavy atom. The Morgan fingerprint density at radius 1 is 0.933 bits per heavy atom. The highest BCUT2D eigenvalue weighted by Crippen LogP contribution is 2.27. The Labute approximate surface area is 189 Å². The zero-order valence-electron chi connectivity index (χ0n) is 15.5. The summed E-state index contributed by atoms with van der Waals surface area (Å²) >= 11 is 17.3. The van der Waals surface area contributed by atoms with Crippen molar-refractivity contribution < 1.29 is 9.90 Å². The molecule has 0 aliphatic carbocycles. The van der Waals surface area contributed by atoms with E-state index in [-0.39, 0.29) is 10.7 Å². The summed E-state index contributed by atoms with van der Waals surface area (Å²) in [6, 6.07) is 21.9. The number of halogens is 2. The molecule has 0 saturated carbocycles. The van der Waals surface area contributed by atoms with E-state index in [0.717, 1.165) is 16.7 Å². The number of hydrogen-bond donors (Lipinski definition) is 2. The summed E-state index contributed by atoms with van der Waals surface area (Å²) in [5.74, 6) is -0.401. The average molecular weight is 455 g/mol. The molecule has 1 saturated heterocycles. The van der Waals surface area contributed by atoms with Crippen LogP contribution in [0.4, 0.5) is 5.69 Å². The van der Waals surface area contributed by atoms with Crippen molar-refractivity contribution in [3.05, 3.63) is 94.0 Å². The first kappa shape index (κ1) is 20.6. The molecule has 0 aromatic heterocycles. The van der Waals surface area contributed by atoms with Gasteiger partial charge >= 0.3 is 0 Å². The number of nitrogens with one attached hydrogen (secondary N) is 1. The third-order valence-corrected chi connectivity index (χ3v) is 5.45. The number of aliphatic hydroxyl groups is 1. The molecular weight excluding hydrogens is 439 g/mol. The van der Waals surface area contributed by atoms with E-state index in [2.05, 4.69) is 5.32 Å². The van der Waals surface area contributed by atoms with Gasteiger partial charge in [-0.3, -0.25) is 9.69 Å². The first-order valence-electron chi connectivity index (χ1n) is 9.08. The van der Waals surface area contributed by atoms with Gasteiger partial charge in [0, 0.05) is 10.0 Å². The third-order valence-electron chi connectivity index (χ3n) is 4.66. The summed E-state index contributed by atoms with van der Waals surface area (Å²) in [4.78, 5) is 14.5. The number of rotatable bonds is 3. The van der Waals surface area contributed by atoms with Crippen LogP contribution in [0, 0.1) is 0 Å². The number of anilines is 1. The highest BCUT2D eigenvalue weighted by Gasteiger charge is 2.34. The van der Waals surface area contributed by atoms with Crippen LogP contribution in [0.5, 0.6) is 0 Å². The summed E-state index contributed by atoms with van der Waals surface area (Å²) in [6.07, 6.45) is 0.446. The molecule has 3 aromatic rings. The van der Waals surface area contributed by atoms with E-state index in [1.165, 1.54) is 4.90 Å². The van der Waals surface area contributed by atoms with Gasteiger partial charge in [0.25, 0.3) is 5.91 Å². The molecule has 0 radical (unpaired) electrons. The summed E-state index contributed by atoms with van der Waals surface area (Å²) in [6.45, 7) is 0. The molecule has 3 aromatic carbocycles. The van der Waals surface area contributed by atoms with Crippen molar-refractivity contribution >= 4 is 58.2 Å². The van der Waals surface area contributed by atoms with Gasteiger partial charge in [0.1, 0.15) is 0 Å². The molecule has 4 rings (SSSR count). The Balaban J connectivity index is 1.70. The number of thiocarbonyl (C=S) groups is 1. The second-order valence-electron chi connectivity index (χ2n) is 6.70. The SMILES string of the molecule is O=C1/C(=C/c2cccc(-c3cccc(Cl)c3)c2)C(O)NC(=S)N1c1ccc(Cl)cc1. The van der Waals surface area contributed by atoms with Crippen LogP contribution in [0.3, 0.4) is 0 Å². The maximum atomic E-state index is 13.2. The van der Waals surface area contributed by atoms with Crippen LogP contribution in [0.25, 0.3) is 17.2 Å². The van der Waals surface area contributed by atoms with Gasteiger partial charge in [-0.15, -0.1) is 0 Å². The summed E-state index contributed by atoms with van der Waals surface area (Å²) in [7, 11) is 0. The summed E-state index contributed by atoms with van der Waals surface area (Å²) in [5.41, 5.74) is 3.41. The van der Waals surface area contributed by atoms with E-state index in [1.54, 1.807) is 30.3 Å². The highest BCUT2D eigenvalue weighted by molar-refractivity contribution is 7.80. The van der Waals surface area contributed by atoms with E-state index in [4.69, 9.17) is 35.4 Å². The Kier molecular flexibility index (Phi) is 5.88. The normalized spacial score (nSPS) is 17.9. The van der Waals surface area contributed by atoms with Crippen LogP contribution in [-0.2, 0) is 4.79 Å². The molecule has 0 spiro atoms. The third kappa shape index (κ3) is 4.25. The Hall–Kier alpha value is -2.70. The van der Waals surface area contributed by atoms with Crippen LogP contribution in [-0.4, -0.2) is 22.4 Å². The monoisotopic (exact) mass is 454 g/mol. The van der Waals surface area contributed by atoms with Gasteiger partial charge in [-0.2, -0.15) is 0 Å². The van der Waals surface area contributed by atoms with E-state index in [0.29, 0.717) is 15.7 Å². The van der Waals surface area contributed by atoms with E-state index >= 15 is 0 Å². The van der Waals surface area contributed by atoms with Gasteiger partial charge in [0.15, 0.2) is 11.3 Å². The largest absolute Gasteiger partial charge is 0.369 e. The smallest absolute Gasteiger partial charge is 0.265 e. The van der Waals surface area contributed by atoms with Gasteiger partial charge in [-0.25, -0.2) is 0 Å². The number of hydrogen-bond acceptors (Lipinski definition) is 3. The molecule has 1 atom stereocenters. The van der Waals surface area contributed by atoms with Crippen molar-refractivity contribution in [1.29, 1.82) is 0 Å². The molecule has 4 nitrogen and oxygen atoms in total. The molecule has 1 unspecified atom stereocenters. The second-order valence-corrected chi connectivity index (χ2v) is 7.96. The molecule has 1 aliphatic heterocycles. The molecule has 7 heteroatoms. The minimum absolute atomic E-state index is 0.125. The minimum Gasteiger partial charge on any atom is -0.369 e. The zero-order chi connectivity index (χ0) is 21.3. The summed E-state index contributed by atoms with van der Waals surface area (Å²) < 4.78 is 0. The fourth-order valence-corrected chi connectivity index (χ4v) is 3.83. The van der Waals surface area contributed by atoms with Gasteiger partial charge in [0.2, 0.25) is 0 Å². The minimum atomic E-state index is -1.21. The van der Waals surface area contributed by atoms with Crippen molar-refractivity contribution in [2.45, 2.75) is 6.23 Å². The van der Waals surface area contributed by atoms with Crippen molar-refractivity contribution in [3.8, 4) is 11.1 Å². The lowest BCUT2D eigenvalue weighted by atomic mass is 10.0. The molecule has 1 heterocycles. The van der Waals surface area contributed by atoms with E-state index in [1.807, 2.05) is 48.5 Å². The fraction of sp³-hybridized carbons (Fsp3) is 0.0435. The maximum Gasteiger partial charge on any atom is 0.265 e. The molecule has 1 fully saturated rings. The highest BCUT2D eigenvalue weighted by atomic mass is 35.5. The van der Waals surface area contributed by atoms with Crippen molar-refractivity contribution in [3.63, 3.8) is 0 Å². The van der Waals surface area contributed by atoms with Gasteiger partial charge < -0.3 is 10.4 Å². The van der Waals surface area contributed by atoms with Crippen LogP contribution in [0.15, 0.2) is 78.4 Å². The predicted octanol–water partition coefficient (Wildman–Crippen LogP) is 5.28. The number of amides is 1. The standard InChI is InChI=1S/C23H16Cl2N2O2S/c24-17-7-9-19(10-8-17)27-22(29)20(21(28)26-23(27)30)12-14-3-1-4-15(11-14)16-5-2-6-18(25)13-16/h1-13,21,28H,(H,26,30)/b20-12+. The summed E-state index contributed by atoms with van der Waals surface area (Å²) in [5, 5.41) is 14.5. The van der Waals surface area contributed by atoms with Gasteiger partial charge in [-0.05, 0) is 77.4 Å². The molecular formula is C23H16Cl2N2O2S. The number of nitrogens with zero attached hydrogens (tertiary/aromatic N) is 1. The number of carbonyl (C=O) groups excluding carboxylic acids is 1. The molecule has 1 aliphatic rings. The van der Waals surface area contributed by atoms with Crippen LogP contribution in [0.2, 0.25) is 10.0 Å². The molecule has 150 valence electrons. The first-order chi connectivity index (χ1) is 14.4. The average Bonchev–Trinajstić information content (AvgIpc) is 2.73. The lowest BCUT2D eigenvalue weighted by Crippen LogP contribution is -2.56. The van der Waals surface area contributed by atoms with Crippen molar-refractivity contribution in [2.24, 2.45) is 0 Å². The van der Waals surface area contributed by atoms with Gasteiger partial charge in [-0.1, -0.05) is 53.5 Å². The Bertz CT molecular complexity index is 1160. The lowest BCUT2D eigenvalue weighted by Gasteiger charge is -2.33. The van der Waals surface area contributed by atoms with E-state index in [9.17, 15) is 9.90 Å². The first-order valence-corrected chi connectivity index (χ1v) is 10.2. The van der Waals surface area contributed by atoms with Gasteiger partial charge in [0.05, 0.1) is 11.3 Å². The van der Waals surface area contributed by atoms with Crippen LogP contribution in [0.1, 0.15) is 5.56 Å². The van der Waals surface area contributed by atoms with Crippen LogP contribution < -0.4 is 10.2 Å². The molecule has 1 amide bonds. The van der Waals surface area contributed by atoms with Crippen molar-refractivity contribution in [1.82, 2.24) is 5.32 Å². The fourth-order valence-electron chi connectivity index (χ4n) is 3.22. The zero-order valence-corrected chi connectivity index (χ0v) is 17.9. The van der Waals surface area contributed by atoms with Crippen LogP contribution >= 0.6 is 35.4 Å².